The first kappa shape index (κ1) is 16.3. The molecule has 0 saturated heterocycles. The lowest BCUT2D eigenvalue weighted by molar-refractivity contribution is 0.242. The first-order valence-electron chi connectivity index (χ1n) is 8.40. The number of fused-ring (bicyclic) bond motifs is 1. The van der Waals surface area contributed by atoms with Gasteiger partial charge in [-0.1, -0.05) is 38.8 Å². The number of hydrogen-bond acceptors (Lipinski definition) is 3. The van der Waals surface area contributed by atoms with Crippen molar-refractivity contribution in [1.29, 1.82) is 0 Å². The highest BCUT2D eigenvalue weighted by Crippen LogP contribution is 2.47. The van der Waals surface area contributed by atoms with E-state index < -0.39 is 0 Å². The molecule has 4 N–H and O–H groups in total. The van der Waals surface area contributed by atoms with Crippen LogP contribution in [0.15, 0.2) is 18.2 Å². The standard InChI is InChI=1S/C18H30N2O/c1-3-10-18(11-4-2)16(20)9-8-14-6-5-7-15(17(14)18)21-13-12-19/h5-7,16H,3-4,8-13,19-20H2,1-2H3. The van der Waals surface area contributed by atoms with E-state index in [-0.39, 0.29) is 11.5 Å². The van der Waals surface area contributed by atoms with Crippen LogP contribution in [0.1, 0.15) is 57.1 Å². The SMILES string of the molecule is CCCC1(CCC)c2c(cccc2OCCN)CCC1N. The van der Waals surface area contributed by atoms with Gasteiger partial charge in [0.15, 0.2) is 0 Å². The average molecular weight is 290 g/mol. The van der Waals surface area contributed by atoms with Gasteiger partial charge in [-0.15, -0.1) is 0 Å². The van der Waals surface area contributed by atoms with E-state index in [4.69, 9.17) is 16.2 Å². The number of hydrogen-bond donors (Lipinski definition) is 2. The number of ether oxygens (including phenoxy) is 1. The Morgan fingerprint density at radius 2 is 1.95 bits per heavy atom. The number of nitrogens with two attached hydrogens (primary N) is 2. The lowest BCUT2D eigenvalue weighted by Gasteiger charge is -2.45. The van der Waals surface area contributed by atoms with E-state index in [9.17, 15) is 0 Å². The third-order valence-corrected chi connectivity index (χ3v) is 4.81. The zero-order valence-electron chi connectivity index (χ0n) is 13.5. The van der Waals surface area contributed by atoms with Crippen molar-refractivity contribution in [3.8, 4) is 5.75 Å². The highest BCUT2D eigenvalue weighted by molar-refractivity contribution is 5.49. The molecule has 0 amide bonds. The molecule has 0 spiro atoms. The molecule has 1 aliphatic carbocycles. The van der Waals surface area contributed by atoms with Gasteiger partial charge in [0.25, 0.3) is 0 Å². The maximum atomic E-state index is 6.62. The lowest BCUT2D eigenvalue weighted by atomic mass is 9.62. The molecule has 118 valence electrons. The molecule has 1 atom stereocenters. The molecule has 0 aromatic heterocycles. The van der Waals surface area contributed by atoms with Gasteiger partial charge in [0.05, 0.1) is 0 Å². The van der Waals surface area contributed by atoms with Crippen molar-refractivity contribution >= 4 is 0 Å². The second kappa shape index (κ2) is 7.28. The smallest absolute Gasteiger partial charge is 0.123 e. The predicted octanol–water partition coefficient (Wildman–Crippen LogP) is 3.14. The van der Waals surface area contributed by atoms with Crippen LogP contribution in [0.25, 0.3) is 0 Å². The number of benzene rings is 1. The maximum absolute atomic E-state index is 6.62. The summed E-state index contributed by atoms with van der Waals surface area (Å²) in [5.41, 5.74) is 15.1. The molecular weight excluding hydrogens is 260 g/mol. The summed E-state index contributed by atoms with van der Waals surface area (Å²) < 4.78 is 5.97. The minimum Gasteiger partial charge on any atom is -0.492 e. The second-order valence-corrected chi connectivity index (χ2v) is 6.23. The first-order chi connectivity index (χ1) is 10.2. The molecule has 0 fully saturated rings. The quantitative estimate of drug-likeness (QED) is 0.811. The van der Waals surface area contributed by atoms with Crippen molar-refractivity contribution in [3.63, 3.8) is 0 Å². The van der Waals surface area contributed by atoms with E-state index in [2.05, 4.69) is 32.0 Å². The van der Waals surface area contributed by atoms with Crippen LogP contribution in [-0.4, -0.2) is 19.2 Å². The Hall–Kier alpha value is -1.06. The fourth-order valence-electron chi connectivity index (χ4n) is 4.05. The first-order valence-corrected chi connectivity index (χ1v) is 8.40. The van der Waals surface area contributed by atoms with Crippen molar-refractivity contribution in [2.24, 2.45) is 11.5 Å². The van der Waals surface area contributed by atoms with E-state index in [1.807, 2.05) is 0 Å². The summed E-state index contributed by atoms with van der Waals surface area (Å²) in [6, 6.07) is 6.67. The molecule has 2 rings (SSSR count). The highest BCUT2D eigenvalue weighted by Gasteiger charge is 2.43. The molecule has 1 aromatic rings. The van der Waals surface area contributed by atoms with E-state index in [0.29, 0.717) is 13.2 Å². The van der Waals surface area contributed by atoms with Crippen molar-refractivity contribution in [2.45, 2.75) is 63.8 Å². The van der Waals surface area contributed by atoms with Gasteiger partial charge in [-0.05, 0) is 37.3 Å². The summed E-state index contributed by atoms with van der Waals surface area (Å²) in [6.07, 6.45) is 6.71. The van der Waals surface area contributed by atoms with Crippen LogP contribution in [0, 0.1) is 0 Å². The fraction of sp³-hybridized carbons (Fsp3) is 0.667. The highest BCUT2D eigenvalue weighted by atomic mass is 16.5. The molecule has 1 aromatic carbocycles. The van der Waals surface area contributed by atoms with Crippen LogP contribution in [0.4, 0.5) is 0 Å². The van der Waals surface area contributed by atoms with E-state index in [0.717, 1.165) is 44.3 Å². The van der Waals surface area contributed by atoms with Crippen LogP contribution < -0.4 is 16.2 Å². The van der Waals surface area contributed by atoms with Gasteiger partial charge in [0.2, 0.25) is 0 Å². The van der Waals surface area contributed by atoms with Crippen molar-refractivity contribution < 1.29 is 4.74 Å². The van der Waals surface area contributed by atoms with Crippen molar-refractivity contribution in [2.75, 3.05) is 13.2 Å². The van der Waals surface area contributed by atoms with Crippen molar-refractivity contribution in [3.05, 3.63) is 29.3 Å². The van der Waals surface area contributed by atoms with E-state index in [1.165, 1.54) is 11.1 Å². The second-order valence-electron chi connectivity index (χ2n) is 6.23. The Morgan fingerprint density at radius 3 is 2.57 bits per heavy atom. The average Bonchev–Trinajstić information content (AvgIpc) is 2.49. The molecule has 0 heterocycles. The monoisotopic (exact) mass is 290 g/mol. The molecule has 21 heavy (non-hydrogen) atoms. The van der Waals surface area contributed by atoms with Gasteiger partial charge in [0, 0.05) is 23.6 Å². The molecule has 1 aliphatic rings. The zero-order chi connectivity index (χ0) is 15.3. The van der Waals surface area contributed by atoms with Crippen LogP contribution in [-0.2, 0) is 11.8 Å². The van der Waals surface area contributed by atoms with Gasteiger partial charge < -0.3 is 16.2 Å². The minimum atomic E-state index is 0.0717. The Kier molecular flexibility index (Phi) is 5.65. The van der Waals surface area contributed by atoms with Gasteiger partial charge in [-0.25, -0.2) is 0 Å². The third-order valence-electron chi connectivity index (χ3n) is 4.81. The van der Waals surface area contributed by atoms with E-state index >= 15 is 0 Å². The van der Waals surface area contributed by atoms with Crippen molar-refractivity contribution in [1.82, 2.24) is 0 Å². The Balaban J connectivity index is 2.52. The largest absolute Gasteiger partial charge is 0.492 e. The summed E-state index contributed by atoms with van der Waals surface area (Å²) in [5, 5.41) is 0. The molecule has 0 aliphatic heterocycles. The summed E-state index contributed by atoms with van der Waals surface area (Å²) in [6.45, 7) is 5.62. The Labute approximate surface area is 129 Å². The summed E-state index contributed by atoms with van der Waals surface area (Å²) in [4.78, 5) is 0. The molecule has 0 radical (unpaired) electrons. The van der Waals surface area contributed by atoms with Gasteiger partial charge in [-0.2, -0.15) is 0 Å². The van der Waals surface area contributed by atoms with Crippen LogP contribution in [0.2, 0.25) is 0 Å². The van der Waals surface area contributed by atoms with Gasteiger partial charge >= 0.3 is 0 Å². The van der Waals surface area contributed by atoms with Crippen LogP contribution in [0.3, 0.4) is 0 Å². The minimum absolute atomic E-state index is 0.0717. The zero-order valence-corrected chi connectivity index (χ0v) is 13.5. The van der Waals surface area contributed by atoms with Gasteiger partial charge in [0.1, 0.15) is 12.4 Å². The lowest BCUT2D eigenvalue weighted by Crippen LogP contribution is -2.49. The molecule has 0 saturated carbocycles. The third kappa shape index (κ3) is 3.09. The normalized spacial score (nSPS) is 20.1. The van der Waals surface area contributed by atoms with E-state index in [1.54, 1.807) is 0 Å². The molecule has 3 heteroatoms. The topological polar surface area (TPSA) is 61.3 Å². The fourth-order valence-corrected chi connectivity index (χ4v) is 4.05. The van der Waals surface area contributed by atoms with Gasteiger partial charge in [-0.3, -0.25) is 0 Å². The molecule has 1 unspecified atom stereocenters. The summed E-state index contributed by atoms with van der Waals surface area (Å²) in [5.74, 6) is 1.01. The Bertz CT molecular complexity index is 453. The van der Waals surface area contributed by atoms with Crippen LogP contribution >= 0.6 is 0 Å². The summed E-state index contributed by atoms with van der Waals surface area (Å²) in [7, 11) is 0. The maximum Gasteiger partial charge on any atom is 0.123 e. The molecular formula is C18H30N2O. The molecule has 0 bridgehead atoms. The predicted molar refractivity (Wildman–Crippen MR) is 88.8 cm³/mol. The van der Waals surface area contributed by atoms with Crippen LogP contribution in [0.5, 0.6) is 5.75 Å². The number of rotatable bonds is 7. The molecule has 3 nitrogen and oxygen atoms in total. The Morgan fingerprint density at radius 1 is 1.24 bits per heavy atom. The summed E-state index contributed by atoms with van der Waals surface area (Å²) >= 11 is 0. The number of aryl methyl sites for hydroxylation is 1.